The van der Waals surface area contributed by atoms with Crippen LogP contribution in [0.15, 0.2) is 29.3 Å². The maximum Gasteiger partial charge on any atom is 0.309 e. The van der Waals surface area contributed by atoms with Crippen LogP contribution < -0.4 is 10.6 Å². The molecular formula is C23H36N4O3. The highest BCUT2D eigenvalue weighted by atomic mass is 16.5. The van der Waals surface area contributed by atoms with Gasteiger partial charge >= 0.3 is 5.97 Å². The number of hydrogen-bond donors (Lipinski definition) is 2. The summed E-state index contributed by atoms with van der Waals surface area (Å²) in [6.07, 6.45) is 3.62. The Morgan fingerprint density at radius 2 is 1.80 bits per heavy atom. The molecule has 0 saturated carbocycles. The molecule has 0 radical (unpaired) electrons. The Balaban J connectivity index is 1.91. The van der Waals surface area contributed by atoms with Crippen LogP contribution in [0.25, 0.3) is 0 Å². The van der Waals surface area contributed by atoms with Gasteiger partial charge in [0.05, 0.1) is 19.1 Å². The number of aliphatic imine (C=N–C) groups is 1. The molecule has 1 fully saturated rings. The van der Waals surface area contributed by atoms with Gasteiger partial charge in [0, 0.05) is 31.7 Å². The summed E-state index contributed by atoms with van der Waals surface area (Å²) in [7, 11) is 0. The lowest BCUT2D eigenvalue weighted by Gasteiger charge is -2.33. The van der Waals surface area contributed by atoms with Crippen LogP contribution in [-0.2, 0) is 16.1 Å². The van der Waals surface area contributed by atoms with Gasteiger partial charge in [-0.15, -0.1) is 0 Å². The minimum Gasteiger partial charge on any atom is -0.466 e. The molecule has 1 aliphatic heterocycles. The van der Waals surface area contributed by atoms with Crippen molar-refractivity contribution in [2.75, 3.05) is 32.8 Å². The quantitative estimate of drug-likeness (QED) is 0.280. The number of amides is 1. The number of nitrogens with one attached hydrogen (secondary N) is 2. The first-order valence-corrected chi connectivity index (χ1v) is 11.2. The van der Waals surface area contributed by atoms with Crippen molar-refractivity contribution in [1.82, 2.24) is 15.5 Å². The minimum atomic E-state index is -0.0853. The molecule has 1 heterocycles. The van der Waals surface area contributed by atoms with Crippen molar-refractivity contribution in [2.45, 2.75) is 53.0 Å². The molecule has 0 atom stereocenters. The van der Waals surface area contributed by atoms with Crippen molar-refractivity contribution in [1.29, 1.82) is 0 Å². The monoisotopic (exact) mass is 416 g/mol. The molecule has 0 spiro atoms. The van der Waals surface area contributed by atoms with Crippen molar-refractivity contribution in [3.63, 3.8) is 0 Å². The highest BCUT2D eigenvalue weighted by Gasteiger charge is 2.27. The van der Waals surface area contributed by atoms with Gasteiger partial charge in [0.2, 0.25) is 0 Å². The Bertz CT molecular complexity index is 695. The summed E-state index contributed by atoms with van der Waals surface area (Å²) in [5.74, 6) is 0.732. The Hall–Kier alpha value is -2.57. The first-order chi connectivity index (χ1) is 14.6. The average molecular weight is 417 g/mol. The second-order valence-electron chi connectivity index (χ2n) is 7.49. The van der Waals surface area contributed by atoms with Gasteiger partial charge in [-0.2, -0.15) is 0 Å². The van der Waals surface area contributed by atoms with Crippen LogP contribution in [0.3, 0.4) is 0 Å². The third-order valence-electron chi connectivity index (χ3n) is 5.19. The number of esters is 1. The molecule has 7 nitrogen and oxygen atoms in total. The van der Waals surface area contributed by atoms with E-state index < -0.39 is 0 Å². The van der Waals surface area contributed by atoms with Crippen molar-refractivity contribution in [3.05, 3.63) is 35.4 Å². The molecule has 0 unspecified atom stereocenters. The molecular weight excluding hydrogens is 380 g/mol. The van der Waals surface area contributed by atoms with E-state index in [9.17, 15) is 9.59 Å². The molecule has 0 aliphatic carbocycles. The normalized spacial score (nSPS) is 15.0. The number of rotatable bonds is 9. The fourth-order valence-corrected chi connectivity index (χ4v) is 3.42. The van der Waals surface area contributed by atoms with Crippen molar-refractivity contribution >= 4 is 17.8 Å². The van der Waals surface area contributed by atoms with E-state index in [1.165, 1.54) is 0 Å². The zero-order chi connectivity index (χ0) is 21.8. The van der Waals surface area contributed by atoms with Crippen LogP contribution in [0.1, 0.15) is 62.4 Å². The summed E-state index contributed by atoms with van der Waals surface area (Å²) >= 11 is 0. The molecule has 1 amide bonds. The number of nitrogens with zero attached hydrogens (tertiary/aromatic N) is 2. The van der Waals surface area contributed by atoms with Crippen molar-refractivity contribution in [2.24, 2.45) is 10.9 Å². The summed E-state index contributed by atoms with van der Waals surface area (Å²) in [5, 5.41) is 6.28. The van der Waals surface area contributed by atoms with Gasteiger partial charge in [-0.25, -0.2) is 4.99 Å². The SMILES string of the molecule is CCCCNC(=O)c1ccc(CN=C(NCC)N2CCC(C(=O)OCC)CC2)cc1. The van der Waals surface area contributed by atoms with Crippen molar-refractivity contribution in [3.8, 4) is 0 Å². The topological polar surface area (TPSA) is 83.0 Å². The molecule has 30 heavy (non-hydrogen) atoms. The highest BCUT2D eigenvalue weighted by Crippen LogP contribution is 2.19. The van der Waals surface area contributed by atoms with Gasteiger partial charge in [0.15, 0.2) is 5.96 Å². The van der Waals surface area contributed by atoms with Gasteiger partial charge < -0.3 is 20.3 Å². The zero-order valence-corrected chi connectivity index (χ0v) is 18.6. The molecule has 1 saturated heterocycles. The van der Waals surface area contributed by atoms with Gasteiger partial charge in [-0.3, -0.25) is 9.59 Å². The molecule has 2 N–H and O–H groups in total. The molecule has 2 rings (SSSR count). The Labute approximate surface area is 180 Å². The molecule has 7 heteroatoms. The van der Waals surface area contributed by atoms with E-state index in [1.54, 1.807) is 0 Å². The Morgan fingerprint density at radius 1 is 1.10 bits per heavy atom. The van der Waals surface area contributed by atoms with Crippen LogP contribution in [0, 0.1) is 5.92 Å². The number of benzene rings is 1. The lowest BCUT2D eigenvalue weighted by molar-refractivity contribution is -0.149. The van der Waals surface area contributed by atoms with E-state index in [0.717, 1.165) is 56.8 Å². The van der Waals surface area contributed by atoms with E-state index in [-0.39, 0.29) is 17.8 Å². The second kappa shape index (κ2) is 12.9. The number of carbonyl (C=O) groups is 2. The molecule has 1 aromatic rings. The highest BCUT2D eigenvalue weighted by molar-refractivity contribution is 5.94. The molecule has 1 aliphatic rings. The molecule has 0 bridgehead atoms. The number of piperidine rings is 1. The van der Waals surface area contributed by atoms with Crippen LogP contribution in [-0.4, -0.2) is 55.5 Å². The minimum absolute atomic E-state index is 0.0138. The average Bonchev–Trinajstić information content (AvgIpc) is 2.77. The zero-order valence-electron chi connectivity index (χ0n) is 18.6. The third-order valence-corrected chi connectivity index (χ3v) is 5.19. The lowest BCUT2D eigenvalue weighted by Crippen LogP contribution is -2.46. The summed E-state index contributed by atoms with van der Waals surface area (Å²) in [6.45, 7) is 10.0. The largest absolute Gasteiger partial charge is 0.466 e. The lowest BCUT2D eigenvalue weighted by atomic mass is 9.97. The molecule has 166 valence electrons. The van der Waals surface area contributed by atoms with Gasteiger partial charge in [-0.05, 0) is 50.8 Å². The second-order valence-corrected chi connectivity index (χ2v) is 7.49. The first kappa shape index (κ1) is 23.7. The van der Waals surface area contributed by atoms with Crippen LogP contribution >= 0.6 is 0 Å². The molecule has 1 aromatic carbocycles. The van der Waals surface area contributed by atoms with Gasteiger partial charge in [0.25, 0.3) is 5.91 Å². The Kier molecular flexibility index (Phi) is 10.2. The fraction of sp³-hybridized carbons (Fsp3) is 0.609. The predicted molar refractivity (Wildman–Crippen MR) is 119 cm³/mol. The van der Waals surface area contributed by atoms with Crippen LogP contribution in [0.5, 0.6) is 0 Å². The number of likely N-dealkylation sites (tertiary alicyclic amines) is 1. The van der Waals surface area contributed by atoms with E-state index in [4.69, 9.17) is 9.73 Å². The first-order valence-electron chi connectivity index (χ1n) is 11.2. The summed E-state index contributed by atoms with van der Waals surface area (Å²) in [5.41, 5.74) is 1.73. The Morgan fingerprint density at radius 3 is 2.40 bits per heavy atom. The number of ether oxygens (including phenoxy) is 1. The van der Waals surface area contributed by atoms with E-state index in [2.05, 4.69) is 22.5 Å². The smallest absolute Gasteiger partial charge is 0.309 e. The van der Waals surface area contributed by atoms with E-state index in [1.807, 2.05) is 38.1 Å². The molecule has 0 aromatic heterocycles. The number of carbonyl (C=O) groups excluding carboxylic acids is 2. The van der Waals surface area contributed by atoms with Gasteiger partial charge in [-0.1, -0.05) is 25.5 Å². The van der Waals surface area contributed by atoms with Crippen LogP contribution in [0.4, 0.5) is 0 Å². The standard InChI is InChI=1S/C23H36N4O3/c1-4-7-14-25-21(28)19-10-8-18(9-11-19)17-26-23(24-5-2)27-15-12-20(13-16-27)22(29)30-6-3/h8-11,20H,4-7,12-17H2,1-3H3,(H,24,26)(H,25,28). The summed E-state index contributed by atoms with van der Waals surface area (Å²) in [6, 6.07) is 7.61. The fourth-order valence-electron chi connectivity index (χ4n) is 3.42. The predicted octanol–water partition coefficient (Wildman–Crippen LogP) is 2.96. The third kappa shape index (κ3) is 7.35. The van der Waals surface area contributed by atoms with E-state index >= 15 is 0 Å². The van der Waals surface area contributed by atoms with E-state index in [0.29, 0.717) is 25.3 Å². The number of hydrogen-bond acceptors (Lipinski definition) is 4. The summed E-state index contributed by atoms with van der Waals surface area (Å²) < 4.78 is 5.15. The van der Waals surface area contributed by atoms with Gasteiger partial charge in [0.1, 0.15) is 0 Å². The van der Waals surface area contributed by atoms with Crippen LogP contribution in [0.2, 0.25) is 0 Å². The number of unbranched alkanes of at least 4 members (excludes halogenated alkanes) is 1. The summed E-state index contributed by atoms with van der Waals surface area (Å²) in [4.78, 5) is 31.0. The van der Waals surface area contributed by atoms with Crippen molar-refractivity contribution < 1.29 is 14.3 Å². The number of guanidine groups is 1. The maximum atomic E-state index is 12.1. The maximum absolute atomic E-state index is 12.1.